The second kappa shape index (κ2) is 3.66. The molecule has 4 rings (SSSR count). The molecule has 7 heteroatoms. The summed E-state index contributed by atoms with van der Waals surface area (Å²) in [7, 11) is 0. The number of aliphatic hydroxyl groups excluding tert-OH is 1. The van der Waals surface area contributed by atoms with Gasteiger partial charge in [0.05, 0.1) is 11.0 Å². The van der Waals surface area contributed by atoms with Gasteiger partial charge in [0.2, 0.25) is 5.60 Å². The first-order valence-electron chi connectivity index (χ1n) is 7.66. The quantitative estimate of drug-likeness (QED) is 0.498. The predicted octanol–water partition coefficient (Wildman–Crippen LogP) is -0.882. The summed E-state index contributed by atoms with van der Waals surface area (Å²) in [6.07, 6.45) is -1.64. The lowest BCUT2D eigenvalue weighted by Gasteiger charge is -2.64. The van der Waals surface area contributed by atoms with Gasteiger partial charge < -0.3 is 24.8 Å². The fourth-order valence-electron chi connectivity index (χ4n) is 5.66. The number of esters is 2. The van der Waals surface area contributed by atoms with Crippen LogP contribution in [0.15, 0.2) is 0 Å². The van der Waals surface area contributed by atoms with Gasteiger partial charge in [-0.05, 0) is 32.1 Å². The highest BCUT2D eigenvalue weighted by molar-refractivity contribution is 5.87. The lowest BCUT2D eigenvalue weighted by molar-refractivity contribution is -0.320. The Balaban J connectivity index is 2.01. The Bertz CT molecular complexity index is 590. The molecule has 2 unspecified atom stereocenters. The molecule has 22 heavy (non-hydrogen) atoms. The summed E-state index contributed by atoms with van der Waals surface area (Å²) in [5, 5.41) is 33.1. The molecule has 0 aromatic carbocycles. The monoisotopic (exact) mass is 312 g/mol. The minimum Gasteiger partial charge on any atom is -0.463 e. The van der Waals surface area contributed by atoms with Gasteiger partial charge in [-0.15, -0.1) is 0 Å². The average Bonchev–Trinajstić information content (AvgIpc) is 2.87. The molecule has 0 aromatic rings. The van der Waals surface area contributed by atoms with Crippen molar-refractivity contribution < 1.29 is 34.4 Å². The summed E-state index contributed by atoms with van der Waals surface area (Å²) < 4.78 is 10.2. The topological polar surface area (TPSA) is 113 Å². The SMILES string of the molecule is C[C@@H]1CC[C@@]2(O)C13CC(OC(=O)[C@@H]3O)[C@@]1(O)C(=O)OC[C@@]21C. The van der Waals surface area contributed by atoms with E-state index in [1.54, 1.807) is 6.92 Å². The summed E-state index contributed by atoms with van der Waals surface area (Å²) >= 11 is 0. The van der Waals surface area contributed by atoms with E-state index in [-0.39, 0.29) is 18.9 Å². The molecule has 0 aromatic heterocycles. The van der Waals surface area contributed by atoms with Crippen LogP contribution in [0.2, 0.25) is 0 Å². The van der Waals surface area contributed by atoms with Crippen molar-refractivity contribution >= 4 is 11.9 Å². The number of cyclic esters (lactones) is 1. The number of aliphatic hydroxyl groups is 3. The van der Waals surface area contributed by atoms with Crippen LogP contribution in [0.3, 0.4) is 0 Å². The van der Waals surface area contributed by atoms with E-state index in [4.69, 9.17) is 9.47 Å². The van der Waals surface area contributed by atoms with E-state index in [2.05, 4.69) is 0 Å². The van der Waals surface area contributed by atoms with Crippen molar-refractivity contribution in [3.8, 4) is 0 Å². The summed E-state index contributed by atoms with van der Waals surface area (Å²) in [6.45, 7) is 3.30. The molecule has 0 amide bonds. The molecule has 2 heterocycles. The second-order valence-corrected chi connectivity index (χ2v) is 7.55. The summed E-state index contributed by atoms with van der Waals surface area (Å²) in [6, 6.07) is 0. The highest BCUT2D eigenvalue weighted by atomic mass is 16.6. The lowest BCUT2D eigenvalue weighted by atomic mass is 9.44. The second-order valence-electron chi connectivity index (χ2n) is 7.55. The Hall–Kier alpha value is -1.18. The van der Waals surface area contributed by atoms with Crippen molar-refractivity contribution in [3.05, 3.63) is 0 Å². The fraction of sp³-hybridized carbons (Fsp3) is 0.867. The van der Waals surface area contributed by atoms with Crippen LogP contribution in [-0.2, 0) is 19.1 Å². The number of hydrogen-bond acceptors (Lipinski definition) is 7. The number of ether oxygens (including phenoxy) is 2. The molecule has 7 atom stereocenters. The average molecular weight is 312 g/mol. The van der Waals surface area contributed by atoms with Crippen LogP contribution in [0.4, 0.5) is 0 Å². The maximum Gasteiger partial charge on any atom is 0.342 e. The third-order valence-electron chi connectivity index (χ3n) is 7.10. The first kappa shape index (κ1) is 14.4. The van der Waals surface area contributed by atoms with Crippen LogP contribution >= 0.6 is 0 Å². The minimum atomic E-state index is -2.08. The van der Waals surface area contributed by atoms with Crippen LogP contribution in [0, 0.1) is 16.7 Å². The van der Waals surface area contributed by atoms with Crippen molar-refractivity contribution in [2.75, 3.05) is 6.61 Å². The summed E-state index contributed by atoms with van der Waals surface area (Å²) in [5.41, 5.74) is -6.10. The zero-order valence-electron chi connectivity index (χ0n) is 12.5. The van der Waals surface area contributed by atoms with E-state index in [1.165, 1.54) is 0 Å². The van der Waals surface area contributed by atoms with Gasteiger partial charge in [-0.3, -0.25) is 0 Å². The van der Waals surface area contributed by atoms with Gasteiger partial charge in [-0.1, -0.05) is 6.92 Å². The van der Waals surface area contributed by atoms with Gasteiger partial charge in [0, 0.05) is 5.41 Å². The van der Waals surface area contributed by atoms with Crippen molar-refractivity contribution in [2.24, 2.45) is 16.7 Å². The fourth-order valence-corrected chi connectivity index (χ4v) is 5.66. The maximum atomic E-state index is 12.2. The van der Waals surface area contributed by atoms with Gasteiger partial charge in [-0.2, -0.15) is 0 Å². The van der Waals surface area contributed by atoms with E-state index < -0.39 is 46.2 Å². The highest BCUT2D eigenvalue weighted by Crippen LogP contribution is 2.71. The van der Waals surface area contributed by atoms with E-state index >= 15 is 0 Å². The number of carbonyl (C=O) groups excluding carboxylic acids is 2. The van der Waals surface area contributed by atoms with Crippen LogP contribution in [0.1, 0.15) is 33.1 Å². The molecule has 1 spiro atoms. The molecule has 2 bridgehead atoms. The Morgan fingerprint density at radius 1 is 1.27 bits per heavy atom. The minimum absolute atomic E-state index is 0.0543. The highest BCUT2D eigenvalue weighted by Gasteiger charge is 2.85. The molecule has 2 saturated heterocycles. The summed E-state index contributed by atoms with van der Waals surface area (Å²) in [5.74, 6) is -1.90. The smallest absolute Gasteiger partial charge is 0.342 e. The van der Waals surface area contributed by atoms with Crippen molar-refractivity contribution in [3.63, 3.8) is 0 Å². The number of fused-ring (bicyclic) bond motifs is 4. The molecule has 2 aliphatic carbocycles. The van der Waals surface area contributed by atoms with Crippen LogP contribution < -0.4 is 0 Å². The Morgan fingerprint density at radius 3 is 2.64 bits per heavy atom. The third-order valence-corrected chi connectivity index (χ3v) is 7.10. The van der Waals surface area contributed by atoms with E-state index in [1.807, 2.05) is 6.92 Å². The molecule has 0 radical (unpaired) electrons. The van der Waals surface area contributed by atoms with Crippen LogP contribution in [-0.4, -0.2) is 57.3 Å². The van der Waals surface area contributed by atoms with Crippen molar-refractivity contribution in [1.82, 2.24) is 0 Å². The predicted molar refractivity (Wildman–Crippen MR) is 70.3 cm³/mol. The largest absolute Gasteiger partial charge is 0.463 e. The van der Waals surface area contributed by atoms with Gasteiger partial charge in [0.25, 0.3) is 0 Å². The zero-order valence-corrected chi connectivity index (χ0v) is 12.5. The zero-order chi connectivity index (χ0) is 16.1. The first-order valence-corrected chi connectivity index (χ1v) is 7.66. The van der Waals surface area contributed by atoms with E-state index in [0.717, 1.165) is 0 Å². The molecule has 4 aliphatic rings. The maximum absolute atomic E-state index is 12.2. The molecule has 122 valence electrons. The van der Waals surface area contributed by atoms with Crippen LogP contribution in [0.25, 0.3) is 0 Å². The van der Waals surface area contributed by atoms with E-state index in [9.17, 15) is 24.9 Å². The van der Waals surface area contributed by atoms with E-state index in [0.29, 0.717) is 12.8 Å². The number of rotatable bonds is 0. The Labute approximate surface area is 127 Å². The lowest BCUT2D eigenvalue weighted by Crippen LogP contribution is -2.80. The molecule has 2 saturated carbocycles. The number of carbonyl (C=O) groups is 2. The normalized spacial score (nSPS) is 59.6. The van der Waals surface area contributed by atoms with Crippen LogP contribution in [0.5, 0.6) is 0 Å². The molecule has 3 N–H and O–H groups in total. The van der Waals surface area contributed by atoms with Gasteiger partial charge >= 0.3 is 11.9 Å². The van der Waals surface area contributed by atoms with Gasteiger partial charge in [-0.25, -0.2) is 9.59 Å². The van der Waals surface area contributed by atoms with Crippen molar-refractivity contribution in [1.29, 1.82) is 0 Å². The standard InChI is InChI=1S/C15H20O7/c1-7-3-4-14(19)12(2)6-21-11(18)15(12,20)8-5-13(7,14)9(16)10(17)22-8/h7-9,16,19-20H,3-6H2,1-2H3/t7-,8?,9+,12+,13?,14+,15-/m1/s1. The third kappa shape index (κ3) is 1.07. The van der Waals surface area contributed by atoms with Gasteiger partial charge in [0.1, 0.15) is 12.7 Å². The Kier molecular flexibility index (Phi) is 2.40. The number of hydrogen-bond donors (Lipinski definition) is 3. The Morgan fingerprint density at radius 2 is 1.95 bits per heavy atom. The molecule has 7 nitrogen and oxygen atoms in total. The molecular formula is C15H20O7. The first-order chi connectivity index (χ1) is 10.1. The molecule has 2 aliphatic heterocycles. The van der Waals surface area contributed by atoms with Gasteiger partial charge in [0.15, 0.2) is 6.10 Å². The summed E-state index contributed by atoms with van der Waals surface area (Å²) in [4.78, 5) is 24.3. The van der Waals surface area contributed by atoms with Crippen molar-refractivity contribution in [2.45, 2.75) is 56.5 Å². The molecule has 4 fully saturated rings. The molecular weight excluding hydrogens is 292 g/mol.